The Hall–Kier alpha value is -1.98. The number of aromatic nitrogens is 2. The molecule has 0 radical (unpaired) electrons. The van der Waals surface area contributed by atoms with Gasteiger partial charge in [0.1, 0.15) is 0 Å². The Bertz CT molecular complexity index is 579. The van der Waals surface area contributed by atoms with Crippen LogP contribution in [0.1, 0.15) is 23.3 Å². The van der Waals surface area contributed by atoms with Gasteiger partial charge in [0.25, 0.3) is 5.89 Å². The lowest BCUT2D eigenvalue weighted by Gasteiger charge is -2.30. The number of hydrogen-bond donors (Lipinski definition) is 1. The van der Waals surface area contributed by atoms with Crippen LogP contribution < -0.4 is 5.32 Å². The predicted octanol–water partition coefficient (Wildman–Crippen LogP) is 1.82. The van der Waals surface area contributed by atoms with Crippen molar-refractivity contribution in [2.75, 3.05) is 26.7 Å². The lowest BCUT2D eigenvalue weighted by Crippen LogP contribution is -2.44. The molecular formula is C15H18N4O. The zero-order valence-electron chi connectivity index (χ0n) is 11.5. The van der Waals surface area contributed by atoms with Crippen LogP contribution in [-0.4, -0.2) is 41.7 Å². The third-order valence-electron chi connectivity index (χ3n) is 3.48. The predicted molar refractivity (Wildman–Crippen MR) is 77.9 cm³/mol. The van der Waals surface area contributed by atoms with Crippen molar-refractivity contribution >= 4 is 12.2 Å². The Morgan fingerprint density at radius 3 is 2.95 bits per heavy atom. The van der Waals surface area contributed by atoms with E-state index in [4.69, 9.17) is 4.52 Å². The first-order chi connectivity index (χ1) is 9.83. The highest BCUT2D eigenvalue weighted by Gasteiger charge is 2.24. The number of nitrogens with zero attached hydrogens (tertiary/aromatic N) is 3. The molecule has 0 bridgehead atoms. The molecule has 2 aromatic rings. The van der Waals surface area contributed by atoms with E-state index in [2.05, 4.69) is 27.4 Å². The summed E-state index contributed by atoms with van der Waals surface area (Å²) in [6.45, 7) is 2.86. The molecule has 20 heavy (non-hydrogen) atoms. The van der Waals surface area contributed by atoms with Gasteiger partial charge in [0.05, 0.1) is 6.04 Å². The molecule has 0 spiro atoms. The van der Waals surface area contributed by atoms with E-state index < -0.39 is 0 Å². The van der Waals surface area contributed by atoms with Crippen molar-refractivity contribution in [3.8, 4) is 0 Å². The molecule has 1 atom stereocenters. The van der Waals surface area contributed by atoms with E-state index in [0.717, 1.165) is 31.0 Å². The third-order valence-corrected chi connectivity index (χ3v) is 3.48. The van der Waals surface area contributed by atoms with Crippen molar-refractivity contribution in [1.29, 1.82) is 0 Å². The number of likely N-dealkylation sites (N-methyl/N-ethyl adjacent to an activating group) is 1. The van der Waals surface area contributed by atoms with Gasteiger partial charge in [-0.3, -0.25) is 4.90 Å². The van der Waals surface area contributed by atoms with Crippen molar-refractivity contribution in [1.82, 2.24) is 20.4 Å². The fourth-order valence-electron chi connectivity index (χ4n) is 2.28. The fourth-order valence-corrected chi connectivity index (χ4v) is 2.28. The van der Waals surface area contributed by atoms with Gasteiger partial charge < -0.3 is 9.84 Å². The van der Waals surface area contributed by atoms with E-state index in [9.17, 15) is 0 Å². The van der Waals surface area contributed by atoms with Gasteiger partial charge in [0.15, 0.2) is 5.82 Å². The highest BCUT2D eigenvalue weighted by atomic mass is 16.5. The molecule has 1 unspecified atom stereocenters. The van der Waals surface area contributed by atoms with E-state index in [1.54, 1.807) is 0 Å². The summed E-state index contributed by atoms with van der Waals surface area (Å²) in [4.78, 5) is 6.70. The van der Waals surface area contributed by atoms with Crippen LogP contribution in [0, 0.1) is 0 Å². The van der Waals surface area contributed by atoms with Crippen LogP contribution in [0.25, 0.3) is 12.2 Å². The van der Waals surface area contributed by atoms with E-state index >= 15 is 0 Å². The molecular weight excluding hydrogens is 252 g/mol. The number of piperazine rings is 1. The van der Waals surface area contributed by atoms with Crippen molar-refractivity contribution in [2.24, 2.45) is 0 Å². The topological polar surface area (TPSA) is 54.2 Å². The first kappa shape index (κ1) is 13.0. The number of benzene rings is 1. The van der Waals surface area contributed by atoms with Crippen molar-refractivity contribution in [3.63, 3.8) is 0 Å². The molecule has 104 valence electrons. The standard InChI is InChI=1S/C15H18N4O/c1-19-10-9-16-11-13(19)15-17-14(20-18-15)8-7-12-5-3-2-4-6-12/h2-8,13,16H,9-11H2,1H3/b8-7+. The zero-order valence-corrected chi connectivity index (χ0v) is 11.5. The van der Waals surface area contributed by atoms with E-state index in [1.807, 2.05) is 42.5 Å². The van der Waals surface area contributed by atoms with E-state index in [1.165, 1.54) is 0 Å². The highest BCUT2D eigenvalue weighted by molar-refractivity contribution is 5.65. The summed E-state index contributed by atoms with van der Waals surface area (Å²) in [6.07, 6.45) is 3.82. The second kappa shape index (κ2) is 5.98. The maximum Gasteiger partial charge on any atom is 0.250 e. The van der Waals surface area contributed by atoms with Gasteiger partial charge in [-0.05, 0) is 18.7 Å². The average Bonchev–Trinajstić information content (AvgIpc) is 2.95. The minimum Gasteiger partial charge on any atom is -0.335 e. The first-order valence-corrected chi connectivity index (χ1v) is 6.80. The summed E-state index contributed by atoms with van der Waals surface area (Å²) in [6, 6.07) is 10.3. The van der Waals surface area contributed by atoms with Gasteiger partial charge in [-0.25, -0.2) is 0 Å². The van der Waals surface area contributed by atoms with Crippen LogP contribution >= 0.6 is 0 Å². The van der Waals surface area contributed by atoms with Crippen molar-refractivity contribution < 1.29 is 4.52 Å². The molecule has 1 fully saturated rings. The summed E-state index contributed by atoms with van der Waals surface area (Å²) in [5.41, 5.74) is 1.11. The number of rotatable bonds is 3. The molecule has 1 aromatic carbocycles. The molecule has 5 heteroatoms. The Balaban J connectivity index is 1.72. The molecule has 5 nitrogen and oxygen atoms in total. The second-order valence-corrected chi connectivity index (χ2v) is 4.94. The molecule has 2 heterocycles. The quantitative estimate of drug-likeness (QED) is 0.922. The van der Waals surface area contributed by atoms with Crippen LogP contribution in [-0.2, 0) is 0 Å². The maximum absolute atomic E-state index is 5.29. The molecule has 1 N–H and O–H groups in total. The van der Waals surface area contributed by atoms with Gasteiger partial charge >= 0.3 is 0 Å². The lowest BCUT2D eigenvalue weighted by molar-refractivity contribution is 0.190. The van der Waals surface area contributed by atoms with Gasteiger partial charge in [0, 0.05) is 25.7 Å². The van der Waals surface area contributed by atoms with Crippen LogP contribution in [0.5, 0.6) is 0 Å². The summed E-state index contributed by atoms with van der Waals surface area (Å²) in [5, 5.41) is 7.43. The Morgan fingerprint density at radius 1 is 1.30 bits per heavy atom. The van der Waals surface area contributed by atoms with Gasteiger partial charge in [-0.15, -0.1) is 0 Å². The minimum atomic E-state index is 0.186. The zero-order chi connectivity index (χ0) is 13.8. The summed E-state index contributed by atoms with van der Waals surface area (Å²) >= 11 is 0. The first-order valence-electron chi connectivity index (χ1n) is 6.80. The van der Waals surface area contributed by atoms with Crippen LogP contribution in [0.4, 0.5) is 0 Å². The smallest absolute Gasteiger partial charge is 0.250 e. The van der Waals surface area contributed by atoms with Crippen LogP contribution in [0.2, 0.25) is 0 Å². The van der Waals surface area contributed by atoms with Crippen LogP contribution in [0.15, 0.2) is 34.9 Å². The molecule has 1 aliphatic heterocycles. The molecule has 3 rings (SSSR count). The molecule has 1 saturated heterocycles. The summed E-state index contributed by atoms with van der Waals surface area (Å²) in [7, 11) is 2.08. The van der Waals surface area contributed by atoms with Gasteiger partial charge in [0.2, 0.25) is 0 Å². The largest absolute Gasteiger partial charge is 0.335 e. The Kier molecular flexibility index (Phi) is 3.90. The second-order valence-electron chi connectivity index (χ2n) is 4.94. The maximum atomic E-state index is 5.29. The molecule has 1 aliphatic rings. The fraction of sp³-hybridized carbons (Fsp3) is 0.333. The highest BCUT2D eigenvalue weighted by Crippen LogP contribution is 2.18. The normalized spacial score (nSPS) is 20.6. The molecule has 0 saturated carbocycles. The molecule has 1 aromatic heterocycles. The molecule has 0 amide bonds. The van der Waals surface area contributed by atoms with E-state index in [0.29, 0.717) is 5.89 Å². The van der Waals surface area contributed by atoms with Gasteiger partial charge in [-0.1, -0.05) is 35.5 Å². The van der Waals surface area contributed by atoms with Crippen molar-refractivity contribution in [2.45, 2.75) is 6.04 Å². The van der Waals surface area contributed by atoms with Crippen molar-refractivity contribution in [3.05, 3.63) is 47.6 Å². The Labute approximate surface area is 118 Å². The SMILES string of the molecule is CN1CCNCC1c1noc(/C=C/c2ccccc2)n1. The van der Waals surface area contributed by atoms with Crippen LogP contribution in [0.3, 0.4) is 0 Å². The summed E-state index contributed by atoms with van der Waals surface area (Å²) < 4.78 is 5.29. The lowest BCUT2D eigenvalue weighted by atomic mass is 10.2. The van der Waals surface area contributed by atoms with Gasteiger partial charge in [-0.2, -0.15) is 4.98 Å². The van der Waals surface area contributed by atoms with E-state index in [-0.39, 0.29) is 6.04 Å². The number of nitrogens with one attached hydrogen (secondary N) is 1. The average molecular weight is 270 g/mol. The third kappa shape index (κ3) is 2.95. The number of hydrogen-bond acceptors (Lipinski definition) is 5. The Morgan fingerprint density at radius 2 is 2.15 bits per heavy atom. The summed E-state index contributed by atoms with van der Waals surface area (Å²) in [5.74, 6) is 1.29. The molecule has 0 aliphatic carbocycles. The monoisotopic (exact) mass is 270 g/mol. The minimum absolute atomic E-state index is 0.186.